The van der Waals surface area contributed by atoms with Crippen LogP contribution < -0.4 is 4.74 Å². The highest BCUT2D eigenvalue weighted by molar-refractivity contribution is 5.70. The largest absolute Gasteiger partial charge is 0.493 e. The number of benzene rings is 2. The molecule has 4 rings (SSSR count). The number of allylic oxidation sites excluding steroid dienone is 1. The van der Waals surface area contributed by atoms with Crippen LogP contribution in [0.15, 0.2) is 60.2 Å². The van der Waals surface area contributed by atoms with Gasteiger partial charge in [-0.05, 0) is 6.07 Å². The van der Waals surface area contributed by atoms with Crippen LogP contribution in [0.5, 0.6) is 5.75 Å². The summed E-state index contributed by atoms with van der Waals surface area (Å²) in [5.41, 5.74) is 2.76. The minimum absolute atomic E-state index is 0.0545. The number of rotatable bonds is 1. The Bertz CT molecular complexity index is 774. The van der Waals surface area contributed by atoms with Crippen molar-refractivity contribution in [3.63, 3.8) is 0 Å². The summed E-state index contributed by atoms with van der Waals surface area (Å²) in [4.78, 5) is 0. The van der Waals surface area contributed by atoms with Crippen LogP contribution in [0.3, 0.4) is 0 Å². The van der Waals surface area contributed by atoms with Crippen LogP contribution in [0.4, 0.5) is 0 Å². The van der Waals surface area contributed by atoms with E-state index in [0.29, 0.717) is 24.5 Å². The van der Waals surface area contributed by atoms with E-state index in [1.807, 2.05) is 48.5 Å². The molecule has 2 aliphatic rings. The normalized spacial score (nSPS) is 22.7. The van der Waals surface area contributed by atoms with Gasteiger partial charge in [0.05, 0.1) is 24.9 Å². The number of para-hydroxylation sites is 1. The number of fused-ring (bicyclic) bond motifs is 3. The number of nitriles is 1. The zero-order chi connectivity index (χ0) is 14.9. The van der Waals surface area contributed by atoms with E-state index in [2.05, 4.69) is 12.1 Å². The highest BCUT2D eigenvalue weighted by Gasteiger charge is 2.39. The van der Waals surface area contributed by atoms with E-state index < -0.39 is 0 Å². The maximum Gasteiger partial charge on any atom is 0.140 e. The second-order valence-electron chi connectivity index (χ2n) is 5.62. The standard InChI is InChI=1S/C19H15NO2/c20-10-16-18-14(11-21-17-9-5-4-8-15(17)18)12-22-19(16)13-6-2-1-3-7-13/h1-9,14,18H,11-12H2/t14-,18-/m0/s1. The molecule has 0 amide bonds. The molecule has 108 valence electrons. The zero-order valence-electron chi connectivity index (χ0n) is 12.0. The molecule has 0 bridgehead atoms. The molecule has 2 aromatic carbocycles. The van der Waals surface area contributed by atoms with E-state index in [1.54, 1.807) is 0 Å². The van der Waals surface area contributed by atoms with Crippen LogP contribution in [0.1, 0.15) is 17.0 Å². The average molecular weight is 289 g/mol. The first-order valence-corrected chi connectivity index (χ1v) is 7.42. The van der Waals surface area contributed by atoms with Gasteiger partial charge in [0.2, 0.25) is 0 Å². The van der Waals surface area contributed by atoms with Crippen molar-refractivity contribution in [3.05, 3.63) is 71.3 Å². The lowest BCUT2D eigenvalue weighted by Gasteiger charge is -2.37. The smallest absolute Gasteiger partial charge is 0.140 e. The summed E-state index contributed by atoms with van der Waals surface area (Å²) in [6.45, 7) is 1.17. The Balaban J connectivity index is 1.89. The monoisotopic (exact) mass is 289 g/mol. The summed E-state index contributed by atoms with van der Waals surface area (Å²) in [5, 5.41) is 9.76. The molecule has 0 radical (unpaired) electrons. The molecule has 0 saturated heterocycles. The molecule has 0 aromatic heterocycles. The molecule has 3 heteroatoms. The van der Waals surface area contributed by atoms with Crippen molar-refractivity contribution < 1.29 is 9.47 Å². The van der Waals surface area contributed by atoms with Crippen LogP contribution in [0.25, 0.3) is 5.76 Å². The predicted octanol–water partition coefficient (Wildman–Crippen LogP) is 3.74. The Morgan fingerprint density at radius 2 is 1.64 bits per heavy atom. The van der Waals surface area contributed by atoms with Crippen molar-refractivity contribution in [2.45, 2.75) is 5.92 Å². The van der Waals surface area contributed by atoms with Crippen LogP contribution >= 0.6 is 0 Å². The third-order valence-electron chi connectivity index (χ3n) is 4.33. The van der Waals surface area contributed by atoms with Crippen molar-refractivity contribution >= 4 is 5.76 Å². The van der Waals surface area contributed by atoms with E-state index in [1.165, 1.54) is 0 Å². The number of nitrogens with zero attached hydrogens (tertiary/aromatic N) is 1. The highest BCUT2D eigenvalue weighted by atomic mass is 16.5. The maximum absolute atomic E-state index is 9.76. The topological polar surface area (TPSA) is 42.2 Å². The Kier molecular flexibility index (Phi) is 3.08. The first-order valence-electron chi connectivity index (χ1n) is 7.42. The molecule has 0 spiro atoms. The van der Waals surface area contributed by atoms with Crippen molar-refractivity contribution in [3.8, 4) is 11.8 Å². The summed E-state index contributed by atoms with van der Waals surface area (Å²) in [5.74, 6) is 1.84. The molecule has 0 fully saturated rings. The molecule has 3 nitrogen and oxygen atoms in total. The minimum Gasteiger partial charge on any atom is -0.493 e. The summed E-state index contributed by atoms with van der Waals surface area (Å²) < 4.78 is 11.7. The summed E-state index contributed by atoms with van der Waals surface area (Å²) >= 11 is 0. The molecule has 2 aromatic rings. The van der Waals surface area contributed by atoms with E-state index in [-0.39, 0.29) is 11.8 Å². The molecular weight excluding hydrogens is 274 g/mol. The second-order valence-corrected chi connectivity index (χ2v) is 5.62. The van der Waals surface area contributed by atoms with E-state index in [9.17, 15) is 5.26 Å². The van der Waals surface area contributed by atoms with Crippen LogP contribution in [0, 0.1) is 17.2 Å². The molecular formula is C19H15NO2. The van der Waals surface area contributed by atoms with E-state index >= 15 is 0 Å². The van der Waals surface area contributed by atoms with Crippen molar-refractivity contribution in [2.24, 2.45) is 5.92 Å². The lowest BCUT2D eigenvalue weighted by atomic mass is 9.77. The Morgan fingerprint density at radius 3 is 2.45 bits per heavy atom. The van der Waals surface area contributed by atoms with E-state index in [4.69, 9.17) is 9.47 Å². The molecule has 0 N–H and O–H groups in total. The first kappa shape index (κ1) is 13.0. The van der Waals surface area contributed by atoms with Gasteiger partial charge in [0, 0.05) is 23.0 Å². The van der Waals surface area contributed by atoms with Crippen LogP contribution in [-0.2, 0) is 4.74 Å². The molecule has 0 unspecified atom stereocenters. The fraction of sp³-hybridized carbons (Fsp3) is 0.211. The van der Waals surface area contributed by atoms with Crippen molar-refractivity contribution in [2.75, 3.05) is 13.2 Å². The molecule has 0 saturated carbocycles. The molecule has 2 heterocycles. The van der Waals surface area contributed by atoms with Crippen LogP contribution in [-0.4, -0.2) is 13.2 Å². The molecule has 0 aliphatic carbocycles. The van der Waals surface area contributed by atoms with Gasteiger partial charge in [0.15, 0.2) is 0 Å². The van der Waals surface area contributed by atoms with Gasteiger partial charge in [-0.25, -0.2) is 0 Å². The van der Waals surface area contributed by atoms with Crippen molar-refractivity contribution in [1.82, 2.24) is 0 Å². The highest BCUT2D eigenvalue weighted by Crippen LogP contribution is 2.46. The van der Waals surface area contributed by atoms with Gasteiger partial charge in [0.25, 0.3) is 0 Å². The minimum atomic E-state index is 0.0545. The Morgan fingerprint density at radius 1 is 0.909 bits per heavy atom. The SMILES string of the molecule is N#CC1=C(c2ccccc2)OC[C@@H]2COc3ccccc3[C@@H]12. The van der Waals surface area contributed by atoms with Gasteiger partial charge in [-0.1, -0.05) is 48.5 Å². The fourth-order valence-electron chi connectivity index (χ4n) is 3.31. The van der Waals surface area contributed by atoms with Gasteiger partial charge in [-0.3, -0.25) is 0 Å². The predicted molar refractivity (Wildman–Crippen MR) is 83.1 cm³/mol. The van der Waals surface area contributed by atoms with Crippen molar-refractivity contribution in [1.29, 1.82) is 5.26 Å². The van der Waals surface area contributed by atoms with Gasteiger partial charge >= 0.3 is 0 Å². The average Bonchev–Trinajstić information content (AvgIpc) is 2.61. The number of ether oxygens (including phenoxy) is 2. The third-order valence-corrected chi connectivity index (χ3v) is 4.33. The maximum atomic E-state index is 9.76. The van der Waals surface area contributed by atoms with Crippen LogP contribution in [0.2, 0.25) is 0 Å². The Hall–Kier alpha value is -2.73. The number of hydrogen-bond donors (Lipinski definition) is 0. The number of hydrogen-bond acceptors (Lipinski definition) is 3. The zero-order valence-corrected chi connectivity index (χ0v) is 12.0. The third kappa shape index (κ3) is 1.96. The first-order chi connectivity index (χ1) is 10.9. The Labute approximate surface area is 129 Å². The quantitative estimate of drug-likeness (QED) is 0.803. The van der Waals surface area contributed by atoms with E-state index in [0.717, 1.165) is 16.9 Å². The summed E-state index contributed by atoms with van der Waals surface area (Å²) in [6.07, 6.45) is 0. The van der Waals surface area contributed by atoms with Gasteiger partial charge in [0.1, 0.15) is 11.5 Å². The molecule has 2 atom stereocenters. The summed E-state index contributed by atoms with van der Waals surface area (Å²) in [6, 6.07) is 20.2. The molecule has 2 aliphatic heterocycles. The van der Waals surface area contributed by atoms with Gasteiger partial charge in [-0.2, -0.15) is 5.26 Å². The van der Waals surface area contributed by atoms with Gasteiger partial charge < -0.3 is 9.47 Å². The molecule has 22 heavy (non-hydrogen) atoms. The lowest BCUT2D eigenvalue weighted by molar-refractivity contribution is 0.115. The second kappa shape index (κ2) is 5.23. The fourth-order valence-corrected chi connectivity index (χ4v) is 3.31. The summed E-state index contributed by atoms with van der Waals surface area (Å²) in [7, 11) is 0. The van der Waals surface area contributed by atoms with Gasteiger partial charge in [-0.15, -0.1) is 0 Å². The lowest BCUT2D eigenvalue weighted by Crippen LogP contribution is -2.34.